The number of amidine groups is 1. The molecule has 2 heterocycles. The molecule has 1 aromatic carbocycles. The summed E-state index contributed by atoms with van der Waals surface area (Å²) in [5.41, 5.74) is 12.1. The summed E-state index contributed by atoms with van der Waals surface area (Å²) in [6, 6.07) is 8.45. The fourth-order valence-corrected chi connectivity index (χ4v) is 4.12. The number of aryl methyl sites for hydroxylation is 2. The predicted molar refractivity (Wildman–Crippen MR) is 135 cm³/mol. The molecule has 180 valence electrons. The first-order valence-electron chi connectivity index (χ1n) is 11.4. The molecule has 0 radical (unpaired) electrons. The zero-order valence-electron chi connectivity index (χ0n) is 21.0. The summed E-state index contributed by atoms with van der Waals surface area (Å²) >= 11 is 0. The van der Waals surface area contributed by atoms with Gasteiger partial charge in [0.2, 0.25) is 0 Å². The van der Waals surface area contributed by atoms with Crippen molar-refractivity contribution in [1.82, 2.24) is 9.80 Å². The van der Waals surface area contributed by atoms with Crippen LogP contribution in [0.3, 0.4) is 0 Å². The predicted octanol–water partition coefficient (Wildman–Crippen LogP) is 3.39. The van der Waals surface area contributed by atoms with Crippen LogP contribution in [-0.4, -0.2) is 66.1 Å². The number of hydrogen-bond acceptors (Lipinski definition) is 7. The van der Waals surface area contributed by atoms with E-state index in [-0.39, 0.29) is 12.5 Å². The molecular weight excluding hydrogens is 428 g/mol. The Balaban J connectivity index is 1.64. The van der Waals surface area contributed by atoms with Crippen molar-refractivity contribution in [3.05, 3.63) is 51.9 Å². The smallest absolute Gasteiger partial charge is 0.320 e. The van der Waals surface area contributed by atoms with Gasteiger partial charge in [0.15, 0.2) is 0 Å². The van der Waals surface area contributed by atoms with Crippen LogP contribution in [0.5, 0.6) is 0 Å². The maximum Gasteiger partial charge on any atom is 0.320 e. The second kappa shape index (κ2) is 10.2. The van der Waals surface area contributed by atoms with E-state index in [0.29, 0.717) is 37.6 Å². The van der Waals surface area contributed by atoms with Gasteiger partial charge in [0.1, 0.15) is 11.4 Å². The fraction of sp³-hybridized carbons (Fsp3) is 0.462. The lowest BCUT2D eigenvalue weighted by Crippen LogP contribution is -2.35. The molecule has 0 atom stereocenters. The number of carbonyl (C=O) groups excluding carboxylic acids is 1. The van der Waals surface area contributed by atoms with Crippen LogP contribution in [0.4, 0.5) is 5.69 Å². The Kier molecular flexibility index (Phi) is 7.57. The van der Waals surface area contributed by atoms with Crippen LogP contribution in [0.2, 0.25) is 0 Å². The number of nitrogens with two attached hydrogens (primary N) is 1. The maximum atomic E-state index is 12.2. The largest absolute Gasteiger partial charge is 0.459 e. The van der Waals surface area contributed by atoms with Gasteiger partial charge in [-0.1, -0.05) is 6.07 Å². The summed E-state index contributed by atoms with van der Waals surface area (Å²) in [5.74, 6) is 0.349. The molecule has 1 aromatic rings. The van der Waals surface area contributed by atoms with Crippen molar-refractivity contribution < 1.29 is 9.53 Å². The van der Waals surface area contributed by atoms with Gasteiger partial charge in [0.05, 0.1) is 30.4 Å². The molecule has 8 nitrogen and oxygen atoms in total. The second-order valence-electron chi connectivity index (χ2n) is 9.94. The number of rotatable bonds is 5. The molecular formula is C26H34N6O2. The highest BCUT2D eigenvalue weighted by Gasteiger charge is 2.31. The molecule has 0 bridgehead atoms. The van der Waals surface area contributed by atoms with Gasteiger partial charge in [-0.05, 0) is 64.8 Å². The van der Waals surface area contributed by atoms with E-state index in [1.54, 1.807) is 6.21 Å². The highest BCUT2D eigenvalue weighted by Crippen LogP contribution is 2.26. The average Bonchev–Trinajstić information content (AvgIpc) is 3.26. The van der Waals surface area contributed by atoms with Crippen molar-refractivity contribution in [2.24, 2.45) is 15.7 Å². The Bertz CT molecular complexity index is 1110. The molecule has 0 spiro atoms. The topological polar surface area (TPSA) is 107 Å². The molecule has 34 heavy (non-hydrogen) atoms. The summed E-state index contributed by atoms with van der Waals surface area (Å²) in [7, 11) is 0. The summed E-state index contributed by atoms with van der Waals surface area (Å²) in [5, 5.41) is 9.66. The summed E-state index contributed by atoms with van der Waals surface area (Å²) in [6.45, 7) is 13.6. The highest BCUT2D eigenvalue weighted by molar-refractivity contribution is 5.95. The van der Waals surface area contributed by atoms with Gasteiger partial charge in [-0.15, -0.1) is 0 Å². The zero-order valence-corrected chi connectivity index (χ0v) is 21.0. The van der Waals surface area contributed by atoms with Gasteiger partial charge < -0.3 is 15.4 Å². The van der Waals surface area contributed by atoms with E-state index < -0.39 is 5.60 Å². The van der Waals surface area contributed by atoms with Crippen molar-refractivity contribution >= 4 is 23.7 Å². The number of nitrogens with zero attached hydrogens (tertiary/aromatic N) is 5. The van der Waals surface area contributed by atoms with E-state index in [1.807, 2.05) is 58.6 Å². The quantitative estimate of drug-likeness (QED) is 0.408. The van der Waals surface area contributed by atoms with E-state index in [2.05, 4.69) is 27.0 Å². The van der Waals surface area contributed by atoms with E-state index in [9.17, 15) is 10.1 Å². The van der Waals surface area contributed by atoms with Gasteiger partial charge in [-0.2, -0.15) is 5.26 Å². The Morgan fingerprint density at radius 2 is 1.85 bits per heavy atom. The molecule has 0 amide bonds. The maximum absolute atomic E-state index is 12.2. The molecule has 3 rings (SSSR count). The number of aliphatic imine (C=N–C) groups is 2. The van der Waals surface area contributed by atoms with Crippen LogP contribution in [-0.2, 0) is 9.53 Å². The van der Waals surface area contributed by atoms with Crippen LogP contribution in [0.1, 0.15) is 38.8 Å². The monoisotopic (exact) mass is 462 g/mol. The fourth-order valence-electron chi connectivity index (χ4n) is 4.12. The summed E-state index contributed by atoms with van der Waals surface area (Å²) in [4.78, 5) is 25.3. The lowest BCUT2D eigenvalue weighted by atomic mass is 10.1. The average molecular weight is 463 g/mol. The first-order chi connectivity index (χ1) is 15.9. The number of ether oxygens (including phenoxy) is 1. The van der Waals surface area contributed by atoms with Crippen LogP contribution < -0.4 is 5.73 Å². The van der Waals surface area contributed by atoms with Crippen molar-refractivity contribution in [3.63, 3.8) is 0 Å². The van der Waals surface area contributed by atoms with Gasteiger partial charge in [-0.25, -0.2) is 9.98 Å². The van der Waals surface area contributed by atoms with Crippen LogP contribution in [0, 0.1) is 25.2 Å². The number of hydrogen-bond donors (Lipinski definition) is 1. The molecule has 0 saturated heterocycles. The first kappa shape index (κ1) is 25.2. The molecule has 0 unspecified atom stereocenters. The van der Waals surface area contributed by atoms with Crippen LogP contribution >= 0.6 is 0 Å². The number of benzene rings is 1. The summed E-state index contributed by atoms with van der Waals surface area (Å²) in [6.07, 6.45) is 1.76. The van der Waals surface area contributed by atoms with Crippen molar-refractivity contribution in [1.29, 1.82) is 5.26 Å². The normalized spacial score (nSPS) is 17.8. The van der Waals surface area contributed by atoms with Crippen molar-refractivity contribution in [2.75, 3.05) is 32.7 Å². The lowest BCUT2D eigenvalue weighted by molar-refractivity contribution is -0.155. The van der Waals surface area contributed by atoms with Crippen molar-refractivity contribution in [2.45, 2.75) is 47.1 Å². The van der Waals surface area contributed by atoms with E-state index in [0.717, 1.165) is 33.8 Å². The minimum Gasteiger partial charge on any atom is -0.459 e. The van der Waals surface area contributed by atoms with E-state index in [1.165, 1.54) is 0 Å². The molecule has 8 heteroatoms. The van der Waals surface area contributed by atoms with Gasteiger partial charge in [-0.3, -0.25) is 9.69 Å². The van der Waals surface area contributed by atoms with Gasteiger partial charge in [0.25, 0.3) is 0 Å². The number of nitriles is 1. The third kappa shape index (κ3) is 6.78. The second-order valence-corrected chi connectivity index (χ2v) is 9.94. The van der Waals surface area contributed by atoms with E-state index in [4.69, 9.17) is 10.5 Å². The SMILES string of the molecule is CC(N=CC1=C(N)CN(C2=C(C#N)CN(CC(=O)OC(C)(C)C)C2)C1)=Nc1cc(C)cc(C)c1. The Morgan fingerprint density at radius 3 is 2.47 bits per heavy atom. The third-order valence-corrected chi connectivity index (χ3v) is 5.43. The Hall–Kier alpha value is -3.44. The first-order valence-corrected chi connectivity index (χ1v) is 11.4. The van der Waals surface area contributed by atoms with Crippen molar-refractivity contribution in [3.8, 4) is 6.07 Å². The standard InChI is InChI=1S/C26H34N6O2/c1-17-7-18(2)9-22(8-17)30-19(3)29-11-21-13-32(14-23(21)28)24-15-31(12-20(24)10-27)16-25(33)34-26(4,5)6/h7-9,11H,12-16,28H2,1-6H3. The number of carbonyl (C=O) groups is 1. The van der Waals surface area contributed by atoms with E-state index >= 15 is 0 Å². The Labute approximate surface area is 202 Å². The minimum atomic E-state index is -0.535. The van der Waals surface area contributed by atoms with Gasteiger partial charge in [0, 0.05) is 42.8 Å². The highest BCUT2D eigenvalue weighted by atomic mass is 16.6. The Morgan fingerprint density at radius 1 is 1.18 bits per heavy atom. The molecule has 0 aromatic heterocycles. The van der Waals surface area contributed by atoms with Crippen LogP contribution in [0.25, 0.3) is 0 Å². The molecule has 0 aliphatic carbocycles. The minimum absolute atomic E-state index is 0.144. The zero-order chi connectivity index (χ0) is 25.0. The van der Waals surface area contributed by atoms with Gasteiger partial charge >= 0.3 is 5.97 Å². The molecule has 0 fully saturated rings. The number of esters is 1. The third-order valence-electron chi connectivity index (χ3n) is 5.43. The molecule has 2 N–H and O–H groups in total. The molecule has 2 aliphatic heterocycles. The summed E-state index contributed by atoms with van der Waals surface area (Å²) < 4.78 is 5.42. The lowest BCUT2D eigenvalue weighted by Gasteiger charge is -2.24. The molecule has 0 saturated carbocycles. The molecule has 2 aliphatic rings. The van der Waals surface area contributed by atoms with Crippen LogP contribution in [0.15, 0.2) is 50.7 Å².